The zero-order valence-corrected chi connectivity index (χ0v) is 19.7. The van der Waals surface area contributed by atoms with Crippen LogP contribution < -0.4 is 9.47 Å². The fourth-order valence-corrected chi connectivity index (χ4v) is 3.39. The van der Waals surface area contributed by atoms with Gasteiger partial charge in [0, 0.05) is 0 Å². The molecule has 3 aromatic carbocycles. The van der Waals surface area contributed by atoms with Crippen molar-refractivity contribution in [2.45, 2.75) is 40.5 Å². The minimum Gasteiger partial charge on any atom is -0.489 e. The summed E-state index contributed by atoms with van der Waals surface area (Å²) in [6.45, 7) is 16.0. The molecular weight excluding hydrogens is 392 g/mol. The Bertz CT molecular complexity index is 1010. The first-order chi connectivity index (χ1) is 15.6. The van der Waals surface area contributed by atoms with Crippen molar-refractivity contribution in [3.63, 3.8) is 0 Å². The molecule has 0 aliphatic heterocycles. The van der Waals surface area contributed by atoms with Crippen LogP contribution in [0.4, 0.5) is 0 Å². The fraction of sp³-hybridized carbons (Fsp3) is 0.333. The van der Waals surface area contributed by atoms with Gasteiger partial charge in [-0.25, -0.2) is 0 Å². The van der Waals surface area contributed by atoms with Crippen molar-refractivity contribution in [2.75, 3.05) is 13.2 Å². The molecular formula is C30H34O2. The molecule has 2 nitrogen and oxygen atoms in total. The molecule has 0 aliphatic rings. The van der Waals surface area contributed by atoms with Crippen molar-refractivity contribution in [1.29, 1.82) is 0 Å². The molecule has 2 unspecified atom stereocenters. The van der Waals surface area contributed by atoms with Crippen LogP contribution >= 0.6 is 0 Å². The zero-order valence-electron chi connectivity index (χ0n) is 19.7. The first-order valence-corrected chi connectivity index (χ1v) is 11.6. The Balaban J connectivity index is 2.17. The Morgan fingerprint density at radius 2 is 1.44 bits per heavy atom. The second kappa shape index (κ2) is 11.6. The third-order valence-corrected chi connectivity index (χ3v) is 5.98. The lowest BCUT2D eigenvalue weighted by Crippen LogP contribution is -2.11. The average Bonchev–Trinajstić information content (AvgIpc) is 2.85. The topological polar surface area (TPSA) is 18.5 Å². The largest absolute Gasteiger partial charge is 0.489 e. The molecule has 0 saturated carbocycles. The van der Waals surface area contributed by atoms with Gasteiger partial charge in [-0.1, -0.05) is 95.7 Å². The molecule has 0 aromatic heterocycles. The first kappa shape index (κ1) is 23.7. The van der Waals surface area contributed by atoms with Gasteiger partial charge in [-0.3, -0.25) is 0 Å². The van der Waals surface area contributed by atoms with E-state index in [0.29, 0.717) is 25.0 Å². The summed E-state index contributed by atoms with van der Waals surface area (Å²) in [7, 11) is 0. The number of hydrogen-bond donors (Lipinski definition) is 0. The molecule has 2 radical (unpaired) electrons. The standard InChI is InChI=1S/C30H34O2/c1-6-22(4)20-31-29-18-27(25-15-10-9-11-16-25)28(19-30(29)32-21-23(5)7-2)26-17-13-12-14-24(26)8-3/h3,8-12,14-19,22-23H,6-7,20-21H2,1-2,4-5H3. The SMILES string of the molecule is [CH]=Cc1cc[c]cc1-c1cc(OCC(C)CC)c(OCC(C)CC)cc1-c1ccccc1. The lowest BCUT2D eigenvalue weighted by atomic mass is 9.91. The van der Waals surface area contributed by atoms with Crippen LogP contribution in [0.3, 0.4) is 0 Å². The van der Waals surface area contributed by atoms with Gasteiger partial charge in [-0.15, -0.1) is 0 Å². The lowest BCUT2D eigenvalue weighted by Gasteiger charge is -2.21. The van der Waals surface area contributed by atoms with Crippen LogP contribution in [0.25, 0.3) is 28.3 Å². The highest BCUT2D eigenvalue weighted by Crippen LogP contribution is 2.42. The van der Waals surface area contributed by atoms with Crippen molar-refractivity contribution in [2.24, 2.45) is 11.8 Å². The van der Waals surface area contributed by atoms with Gasteiger partial charge < -0.3 is 9.47 Å². The maximum atomic E-state index is 6.31. The summed E-state index contributed by atoms with van der Waals surface area (Å²) in [5.74, 6) is 2.50. The Kier molecular flexibility index (Phi) is 8.56. The summed E-state index contributed by atoms with van der Waals surface area (Å²) in [4.78, 5) is 0. The van der Waals surface area contributed by atoms with Gasteiger partial charge in [0.2, 0.25) is 0 Å². The van der Waals surface area contributed by atoms with E-state index in [4.69, 9.17) is 16.1 Å². The van der Waals surface area contributed by atoms with E-state index in [9.17, 15) is 0 Å². The highest BCUT2D eigenvalue weighted by atomic mass is 16.5. The van der Waals surface area contributed by atoms with Gasteiger partial charge in [0.25, 0.3) is 0 Å². The molecule has 0 amide bonds. The maximum absolute atomic E-state index is 6.31. The van der Waals surface area contributed by atoms with E-state index >= 15 is 0 Å². The van der Waals surface area contributed by atoms with E-state index in [1.165, 1.54) is 0 Å². The number of rotatable bonds is 11. The molecule has 0 bridgehead atoms. The molecule has 0 N–H and O–H groups in total. The Hall–Kier alpha value is -3.00. The van der Waals surface area contributed by atoms with Gasteiger partial charge in [0.05, 0.1) is 13.2 Å². The van der Waals surface area contributed by atoms with Crippen LogP contribution in [0.1, 0.15) is 46.1 Å². The van der Waals surface area contributed by atoms with Crippen molar-refractivity contribution >= 4 is 6.08 Å². The van der Waals surface area contributed by atoms with Crippen LogP contribution in [-0.2, 0) is 0 Å². The average molecular weight is 427 g/mol. The fourth-order valence-electron chi connectivity index (χ4n) is 3.39. The zero-order chi connectivity index (χ0) is 22.9. The molecule has 166 valence electrons. The van der Waals surface area contributed by atoms with Crippen molar-refractivity contribution in [1.82, 2.24) is 0 Å². The van der Waals surface area contributed by atoms with Gasteiger partial charge in [-0.05, 0) is 63.9 Å². The summed E-state index contributed by atoms with van der Waals surface area (Å²) in [6.07, 6.45) is 3.78. The van der Waals surface area contributed by atoms with Gasteiger partial charge in [-0.2, -0.15) is 0 Å². The molecule has 3 rings (SSSR count). The Labute approximate surface area is 193 Å². The van der Waals surface area contributed by atoms with Crippen LogP contribution in [0.5, 0.6) is 11.5 Å². The monoisotopic (exact) mass is 426 g/mol. The predicted molar refractivity (Wildman–Crippen MR) is 135 cm³/mol. The van der Waals surface area contributed by atoms with Gasteiger partial charge in [0.15, 0.2) is 11.5 Å². The number of benzene rings is 3. The van der Waals surface area contributed by atoms with Crippen molar-refractivity contribution < 1.29 is 9.47 Å². The molecule has 2 atom stereocenters. The van der Waals surface area contributed by atoms with Crippen LogP contribution in [0.2, 0.25) is 0 Å². The minimum absolute atomic E-state index is 0.465. The molecule has 2 heteroatoms. The summed E-state index contributed by atoms with van der Waals surface area (Å²) in [5.41, 5.74) is 5.25. The van der Waals surface area contributed by atoms with E-state index < -0.39 is 0 Å². The van der Waals surface area contributed by atoms with Gasteiger partial charge >= 0.3 is 0 Å². The van der Waals surface area contributed by atoms with Gasteiger partial charge in [0.1, 0.15) is 0 Å². The number of ether oxygens (including phenoxy) is 2. The van der Waals surface area contributed by atoms with Crippen LogP contribution in [-0.4, -0.2) is 13.2 Å². The highest BCUT2D eigenvalue weighted by Gasteiger charge is 2.18. The summed E-state index contributed by atoms with van der Waals surface area (Å²) in [6, 6.07) is 23.7. The van der Waals surface area contributed by atoms with E-state index in [1.54, 1.807) is 6.08 Å². The third-order valence-electron chi connectivity index (χ3n) is 5.98. The Morgan fingerprint density at radius 3 is 2.00 bits per heavy atom. The quantitative estimate of drug-likeness (QED) is 0.308. The maximum Gasteiger partial charge on any atom is 0.161 e. The Morgan fingerprint density at radius 1 is 0.844 bits per heavy atom. The second-order valence-electron chi connectivity index (χ2n) is 8.54. The van der Waals surface area contributed by atoms with E-state index in [1.807, 2.05) is 24.3 Å². The summed E-state index contributed by atoms with van der Waals surface area (Å²) in [5, 5.41) is 0. The molecule has 3 aromatic rings. The van der Waals surface area contributed by atoms with Crippen molar-refractivity contribution in [3.8, 4) is 33.8 Å². The summed E-state index contributed by atoms with van der Waals surface area (Å²) < 4.78 is 12.6. The first-order valence-electron chi connectivity index (χ1n) is 11.6. The molecule has 0 aliphatic carbocycles. The van der Waals surface area contributed by atoms with Crippen LogP contribution in [0, 0.1) is 24.5 Å². The number of hydrogen-bond acceptors (Lipinski definition) is 2. The lowest BCUT2D eigenvalue weighted by molar-refractivity contribution is 0.218. The molecule has 32 heavy (non-hydrogen) atoms. The molecule has 0 saturated heterocycles. The van der Waals surface area contributed by atoms with Crippen LogP contribution in [0.15, 0.2) is 60.7 Å². The molecule has 0 fully saturated rings. The molecule has 0 heterocycles. The highest BCUT2D eigenvalue weighted by molar-refractivity contribution is 5.89. The second-order valence-corrected chi connectivity index (χ2v) is 8.54. The smallest absolute Gasteiger partial charge is 0.161 e. The summed E-state index contributed by atoms with van der Waals surface area (Å²) >= 11 is 0. The predicted octanol–water partition coefficient (Wildman–Crippen LogP) is 8.12. The normalized spacial score (nSPS) is 12.8. The molecule has 0 spiro atoms. The van der Waals surface area contributed by atoms with E-state index in [2.05, 4.69) is 70.2 Å². The van der Waals surface area contributed by atoms with E-state index in [-0.39, 0.29) is 0 Å². The van der Waals surface area contributed by atoms with Crippen molar-refractivity contribution in [3.05, 3.63) is 78.9 Å². The minimum atomic E-state index is 0.465. The van der Waals surface area contributed by atoms with E-state index in [0.717, 1.165) is 52.2 Å². The third kappa shape index (κ3) is 5.82.